The van der Waals surface area contributed by atoms with Crippen molar-refractivity contribution in [2.45, 2.75) is 49.1 Å². The Labute approximate surface area is 110 Å². The van der Waals surface area contributed by atoms with Crippen molar-refractivity contribution >= 4 is 0 Å². The van der Waals surface area contributed by atoms with E-state index in [2.05, 4.69) is 0 Å². The minimum absolute atomic E-state index is 0.429. The SMILES string of the molecule is N#C[C@]1(O[C@@H]2O[C@H](CO)[C@@H](O)[C@H](O)[C@H]2O)C=CCC1. The van der Waals surface area contributed by atoms with Crippen LogP contribution in [0.2, 0.25) is 0 Å². The van der Waals surface area contributed by atoms with Crippen molar-refractivity contribution in [2.75, 3.05) is 6.61 Å². The van der Waals surface area contributed by atoms with Crippen LogP contribution in [0.5, 0.6) is 0 Å². The maximum Gasteiger partial charge on any atom is 0.189 e. The highest BCUT2D eigenvalue weighted by Gasteiger charge is 2.47. The van der Waals surface area contributed by atoms with E-state index in [-0.39, 0.29) is 0 Å². The minimum Gasteiger partial charge on any atom is -0.394 e. The quantitative estimate of drug-likeness (QED) is 0.456. The van der Waals surface area contributed by atoms with Crippen LogP contribution in [0, 0.1) is 11.3 Å². The topological polar surface area (TPSA) is 123 Å². The molecule has 0 radical (unpaired) electrons. The standard InChI is InChI=1S/C12H17NO6/c13-6-12(3-1-2-4-12)19-11-10(17)9(16)8(15)7(5-14)18-11/h1,3,7-11,14-17H,2,4-5H2/t7-,8-,9+,10-,11+,12+/m1/s1. The van der Waals surface area contributed by atoms with E-state index in [1.165, 1.54) is 0 Å². The molecule has 4 N–H and O–H groups in total. The zero-order valence-corrected chi connectivity index (χ0v) is 10.2. The summed E-state index contributed by atoms with van der Waals surface area (Å²) in [6.07, 6.45) is -2.28. The number of ether oxygens (including phenoxy) is 2. The molecular formula is C12H17NO6. The lowest BCUT2D eigenvalue weighted by molar-refractivity contribution is -0.315. The molecule has 0 aromatic heterocycles. The lowest BCUT2D eigenvalue weighted by atomic mass is 9.98. The number of hydrogen-bond acceptors (Lipinski definition) is 7. The summed E-state index contributed by atoms with van der Waals surface area (Å²) < 4.78 is 10.7. The normalized spacial score (nSPS) is 46.2. The van der Waals surface area contributed by atoms with Gasteiger partial charge in [-0.25, -0.2) is 0 Å². The zero-order valence-electron chi connectivity index (χ0n) is 10.2. The summed E-state index contributed by atoms with van der Waals surface area (Å²) in [7, 11) is 0. The zero-order chi connectivity index (χ0) is 14.0. The Morgan fingerprint density at radius 2 is 2.05 bits per heavy atom. The van der Waals surface area contributed by atoms with Gasteiger partial charge in [0.05, 0.1) is 6.61 Å². The number of nitriles is 1. The van der Waals surface area contributed by atoms with Crippen molar-refractivity contribution in [3.63, 3.8) is 0 Å². The monoisotopic (exact) mass is 271 g/mol. The van der Waals surface area contributed by atoms with Crippen LogP contribution in [-0.2, 0) is 9.47 Å². The molecule has 1 saturated heterocycles. The van der Waals surface area contributed by atoms with E-state index < -0.39 is 42.9 Å². The summed E-state index contributed by atoms with van der Waals surface area (Å²) in [6.45, 7) is -0.528. The second kappa shape index (κ2) is 5.54. The van der Waals surface area contributed by atoms with Crippen LogP contribution in [-0.4, -0.2) is 63.3 Å². The molecule has 106 valence electrons. The van der Waals surface area contributed by atoms with Crippen LogP contribution in [0.3, 0.4) is 0 Å². The molecule has 0 bridgehead atoms. The lowest BCUT2D eigenvalue weighted by Crippen LogP contribution is -2.60. The average Bonchev–Trinajstić information content (AvgIpc) is 2.89. The minimum atomic E-state index is -1.50. The Kier molecular flexibility index (Phi) is 4.20. The Hall–Kier alpha value is -1.01. The van der Waals surface area contributed by atoms with Crippen LogP contribution in [0.1, 0.15) is 12.8 Å². The molecular weight excluding hydrogens is 254 g/mol. The predicted octanol–water partition coefficient (Wildman–Crippen LogP) is -1.58. The van der Waals surface area contributed by atoms with Gasteiger partial charge in [0.1, 0.15) is 30.5 Å². The smallest absolute Gasteiger partial charge is 0.189 e. The molecule has 0 spiro atoms. The molecule has 2 rings (SSSR count). The lowest BCUT2D eigenvalue weighted by Gasteiger charge is -2.41. The van der Waals surface area contributed by atoms with Crippen LogP contribution in [0.15, 0.2) is 12.2 Å². The molecule has 0 saturated carbocycles. The van der Waals surface area contributed by atoms with E-state index in [9.17, 15) is 15.3 Å². The molecule has 2 aliphatic rings. The second-order valence-corrected chi connectivity index (χ2v) is 4.76. The van der Waals surface area contributed by atoms with Crippen LogP contribution in [0.4, 0.5) is 0 Å². The number of nitrogens with zero attached hydrogens (tertiary/aromatic N) is 1. The second-order valence-electron chi connectivity index (χ2n) is 4.76. The summed E-state index contributed by atoms with van der Waals surface area (Å²) in [4.78, 5) is 0. The molecule has 19 heavy (non-hydrogen) atoms. The molecule has 0 aromatic rings. The molecule has 1 aliphatic heterocycles. The number of aliphatic hydroxyl groups excluding tert-OH is 4. The number of allylic oxidation sites excluding steroid dienone is 1. The fraction of sp³-hybridized carbons (Fsp3) is 0.750. The van der Waals surface area contributed by atoms with Crippen molar-refractivity contribution in [2.24, 2.45) is 0 Å². The van der Waals surface area contributed by atoms with E-state index in [1.54, 1.807) is 12.2 Å². The first-order valence-corrected chi connectivity index (χ1v) is 6.10. The first kappa shape index (κ1) is 14.4. The Morgan fingerprint density at radius 3 is 2.58 bits per heavy atom. The first-order chi connectivity index (χ1) is 9.03. The van der Waals surface area contributed by atoms with Crippen LogP contribution in [0.25, 0.3) is 0 Å². The molecule has 1 heterocycles. The fourth-order valence-corrected chi connectivity index (χ4v) is 2.24. The van der Waals surface area contributed by atoms with E-state index in [4.69, 9.17) is 19.8 Å². The third-order valence-corrected chi connectivity index (χ3v) is 3.43. The van der Waals surface area contributed by atoms with Gasteiger partial charge in [0.2, 0.25) is 0 Å². The van der Waals surface area contributed by atoms with E-state index in [1.807, 2.05) is 6.07 Å². The van der Waals surface area contributed by atoms with Gasteiger partial charge in [-0.2, -0.15) is 5.26 Å². The molecule has 6 atom stereocenters. The van der Waals surface area contributed by atoms with Gasteiger partial charge in [0, 0.05) is 0 Å². The summed E-state index contributed by atoms with van der Waals surface area (Å²) in [5, 5.41) is 47.3. The third kappa shape index (κ3) is 2.65. The number of aliphatic hydroxyl groups is 4. The summed E-state index contributed by atoms with van der Waals surface area (Å²) in [5.41, 5.74) is -1.20. The molecule has 7 nitrogen and oxygen atoms in total. The molecule has 7 heteroatoms. The van der Waals surface area contributed by atoms with Gasteiger partial charge >= 0.3 is 0 Å². The summed E-state index contributed by atoms with van der Waals surface area (Å²) in [6, 6.07) is 2.00. The summed E-state index contributed by atoms with van der Waals surface area (Å²) >= 11 is 0. The fourth-order valence-electron chi connectivity index (χ4n) is 2.24. The van der Waals surface area contributed by atoms with E-state index >= 15 is 0 Å². The summed E-state index contributed by atoms with van der Waals surface area (Å²) in [5.74, 6) is 0. The highest BCUT2D eigenvalue weighted by atomic mass is 16.7. The van der Waals surface area contributed by atoms with Crippen molar-refractivity contribution in [3.8, 4) is 6.07 Å². The average molecular weight is 271 g/mol. The molecule has 0 amide bonds. The maximum atomic E-state index is 9.82. The highest BCUT2D eigenvalue weighted by molar-refractivity contribution is 5.21. The number of hydrogen-bond donors (Lipinski definition) is 4. The van der Waals surface area contributed by atoms with Crippen LogP contribution < -0.4 is 0 Å². The highest BCUT2D eigenvalue weighted by Crippen LogP contribution is 2.31. The molecule has 0 unspecified atom stereocenters. The predicted molar refractivity (Wildman–Crippen MR) is 61.6 cm³/mol. The van der Waals surface area contributed by atoms with Gasteiger partial charge < -0.3 is 29.9 Å². The molecule has 1 fully saturated rings. The number of rotatable bonds is 3. The molecule has 1 aliphatic carbocycles. The van der Waals surface area contributed by atoms with E-state index in [0.717, 1.165) is 0 Å². The van der Waals surface area contributed by atoms with Crippen molar-refractivity contribution in [1.82, 2.24) is 0 Å². The Bertz CT molecular complexity index is 392. The van der Waals surface area contributed by atoms with Gasteiger partial charge in [-0.15, -0.1) is 0 Å². The van der Waals surface area contributed by atoms with E-state index in [0.29, 0.717) is 12.8 Å². The van der Waals surface area contributed by atoms with Gasteiger partial charge in [-0.1, -0.05) is 6.08 Å². The van der Waals surface area contributed by atoms with Gasteiger partial charge in [0.15, 0.2) is 11.9 Å². The van der Waals surface area contributed by atoms with Crippen molar-refractivity contribution in [3.05, 3.63) is 12.2 Å². The van der Waals surface area contributed by atoms with Crippen molar-refractivity contribution in [1.29, 1.82) is 5.26 Å². The Morgan fingerprint density at radius 1 is 1.32 bits per heavy atom. The Balaban J connectivity index is 2.11. The van der Waals surface area contributed by atoms with Crippen LogP contribution >= 0.6 is 0 Å². The van der Waals surface area contributed by atoms with Gasteiger partial charge in [-0.05, 0) is 18.9 Å². The third-order valence-electron chi connectivity index (χ3n) is 3.43. The molecule has 0 aromatic carbocycles. The van der Waals surface area contributed by atoms with Gasteiger partial charge in [0.25, 0.3) is 0 Å². The maximum absolute atomic E-state index is 9.82. The van der Waals surface area contributed by atoms with Gasteiger partial charge in [-0.3, -0.25) is 0 Å². The first-order valence-electron chi connectivity index (χ1n) is 6.10. The van der Waals surface area contributed by atoms with Crippen molar-refractivity contribution < 1.29 is 29.9 Å². The largest absolute Gasteiger partial charge is 0.394 e.